The summed E-state index contributed by atoms with van der Waals surface area (Å²) in [6.07, 6.45) is -11.8. The molecule has 3 aromatic rings. The van der Waals surface area contributed by atoms with Crippen LogP contribution in [0.4, 0.5) is 0 Å². The predicted octanol–water partition coefficient (Wildman–Crippen LogP) is 0.0503. The van der Waals surface area contributed by atoms with Crippen LogP contribution >= 0.6 is 0 Å². The Labute approximate surface area is 234 Å². The van der Waals surface area contributed by atoms with Crippen LogP contribution in [0.25, 0.3) is 0 Å². The Kier molecular flexibility index (Phi) is 9.28. The molecule has 0 bridgehead atoms. The van der Waals surface area contributed by atoms with Crippen molar-refractivity contribution in [3.8, 4) is 6.01 Å². The van der Waals surface area contributed by atoms with Gasteiger partial charge in [0.2, 0.25) is 12.4 Å². The number of carbonyl (C=O) groups excluding carboxylic acids is 1. The number of nitrogens with zero attached hydrogens (tertiary/aromatic N) is 2. The van der Waals surface area contributed by atoms with E-state index in [4.69, 9.17) is 18.9 Å². The van der Waals surface area contributed by atoms with Gasteiger partial charge in [0, 0.05) is 12.8 Å². The van der Waals surface area contributed by atoms with Crippen molar-refractivity contribution in [2.75, 3.05) is 7.11 Å². The van der Waals surface area contributed by atoms with E-state index < -0.39 is 61.0 Å². The minimum atomic E-state index is -2.01. The van der Waals surface area contributed by atoms with E-state index in [1.54, 1.807) is 67.6 Å². The van der Waals surface area contributed by atoms with Crippen LogP contribution in [0.1, 0.15) is 22.5 Å². The van der Waals surface area contributed by atoms with Crippen molar-refractivity contribution in [1.29, 1.82) is 0 Å². The Morgan fingerprint density at radius 3 is 2.05 bits per heavy atom. The summed E-state index contributed by atoms with van der Waals surface area (Å²) in [6.45, 7) is 1.18. The van der Waals surface area contributed by atoms with Gasteiger partial charge in [-0.1, -0.05) is 60.7 Å². The molecule has 2 heterocycles. The maximum atomic E-state index is 14.0. The number of rotatable bonds is 10. The molecule has 13 heteroatoms. The fourth-order valence-corrected chi connectivity index (χ4v) is 4.65. The molecule has 1 aromatic heterocycles. The van der Waals surface area contributed by atoms with Crippen molar-refractivity contribution in [2.24, 2.45) is 0 Å². The SMILES string of the molecule is COC(c1ccccc1)(c1ccccc1)C(Oc1nc(C)cc(CO)n1)C(=O)O[C@@H]1O[C@H](C(=O)O)[C@@H](O)[C@H](O)[C@H]1O. The Bertz CT molecular complexity index is 1300. The van der Waals surface area contributed by atoms with E-state index in [1.807, 2.05) is 0 Å². The van der Waals surface area contributed by atoms with Crippen LogP contribution in [-0.2, 0) is 36.0 Å². The van der Waals surface area contributed by atoms with E-state index in [1.165, 1.54) is 13.2 Å². The van der Waals surface area contributed by atoms with E-state index in [-0.39, 0.29) is 11.7 Å². The standard InChI is InChI=1S/C28H30N2O11/c1-15-13-18(14-31)30-27(29-15)40-23(25(37)41-26-21(34)19(32)20(33)22(39-26)24(35)36)28(38-2,16-9-5-3-6-10-16)17-11-7-4-8-12-17/h3-13,19-23,26,31-34H,14H2,1-2H3,(H,35,36)/t19-,20-,21+,22-,23?,26-/m0/s1. The van der Waals surface area contributed by atoms with Crippen LogP contribution in [-0.4, -0.2) is 91.4 Å². The zero-order valence-corrected chi connectivity index (χ0v) is 22.1. The molecule has 0 spiro atoms. The van der Waals surface area contributed by atoms with Crippen LogP contribution in [0.15, 0.2) is 66.7 Å². The second-order valence-electron chi connectivity index (χ2n) is 9.28. The van der Waals surface area contributed by atoms with E-state index in [0.717, 1.165) is 0 Å². The van der Waals surface area contributed by atoms with Gasteiger partial charge in [0.25, 0.3) is 0 Å². The molecule has 1 saturated heterocycles. The highest BCUT2D eigenvalue weighted by Crippen LogP contribution is 2.39. The molecule has 1 aliphatic heterocycles. The molecule has 1 aliphatic rings. The van der Waals surface area contributed by atoms with E-state index >= 15 is 0 Å². The molecule has 4 rings (SSSR count). The van der Waals surface area contributed by atoms with Crippen LogP contribution in [0.3, 0.4) is 0 Å². The highest BCUT2D eigenvalue weighted by molar-refractivity contribution is 5.79. The largest absolute Gasteiger partial charge is 0.479 e. The fraction of sp³-hybridized carbons (Fsp3) is 0.357. The average Bonchev–Trinajstić information content (AvgIpc) is 2.98. The third-order valence-electron chi connectivity index (χ3n) is 6.63. The summed E-state index contributed by atoms with van der Waals surface area (Å²) in [5, 5.41) is 49.8. The van der Waals surface area contributed by atoms with Crippen molar-refractivity contribution in [2.45, 2.75) is 55.9 Å². The maximum Gasteiger partial charge on any atom is 0.353 e. The average molecular weight is 571 g/mol. The van der Waals surface area contributed by atoms with Crippen molar-refractivity contribution >= 4 is 11.9 Å². The number of aliphatic hydroxyl groups excluding tert-OH is 4. The Morgan fingerprint density at radius 1 is 0.951 bits per heavy atom. The number of aromatic nitrogens is 2. The van der Waals surface area contributed by atoms with Crippen LogP contribution in [0.2, 0.25) is 0 Å². The first kappa shape index (κ1) is 30.0. The van der Waals surface area contributed by atoms with Crippen molar-refractivity contribution in [3.05, 3.63) is 89.2 Å². The van der Waals surface area contributed by atoms with Crippen LogP contribution in [0.5, 0.6) is 6.01 Å². The number of methoxy groups -OCH3 is 1. The molecule has 13 nitrogen and oxygen atoms in total. The topological polar surface area (TPSA) is 198 Å². The minimum absolute atomic E-state index is 0.203. The van der Waals surface area contributed by atoms with Gasteiger partial charge in [0.15, 0.2) is 11.7 Å². The van der Waals surface area contributed by atoms with Gasteiger partial charge in [-0.05, 0) is 24.1 Å². The molecular formula is C28H30N2O11. The first-order valence-electron chi connectivity index (χ1n) is 12.5. The first-order valence-corrected chi connectivity index (χ1v) is 12.5. The number of carboxylic acid groups (broad SMARTS) is 1. The molecule has 0 aliphatic carbocycles. The summed E-state index contributed by atoms with van der Waals surface area (Å²) >= 11 is 0. The van der Waals surface area contributed by atoms with Crippen molar-refractivity contribution in [3.63, 3.8) is 0 Å². The second kappa shape index (κ2) is 12.7. The molecule has 1 fully saturated rings. The van der Waals surface area contributed by atoms with Crippen LogP contribution < -0.4 is 4.74 Å². The lowest BCUT2D eigenvalue weighted by Crippen LogP contribution is -2.61. The summed E-state index contributed by atoms with van der Waals surface area (Å²) in [6, 6.07) is 18.3. The number of aryl methyl sites for hydroxylation is 1. The lowest BCUT2D eigenvalue weighted by molar-refractivity contribution is -0.289. The second-order valence-corrected chi connectivity index (χ2v) is 9.28. The molecule has 2 aromatic carbocycles. The lowest BCUT2D eigenvalue weighted by Gasteiger charge is -2.41. The number of hydrogen-bond donors (Lipinski definition) is 5. The monoisotopic (exact) mass is 570 g/mol. The minimum Gasteiger partial charge on any atom is -0.479 e. The number of aliphatic carboxylic acids is 1. The van der Waals surface area contributed by atoms with Gasteiger partial charge in [0.05, 0.1) is 12.3 Å². The zero-order chi connectivity index (χ0) is 29.7. The molecule has 0 saturated carbocycles. The Balaban J connectivity index is 1.84. The third kappa shape index (κ3) is 6.05. The number of hydrogen-bond acceptors (Lipinski definition) is 12. The molecule has 218 valence electrons. The summed E-state index contributed by atoms with van der Waals surface area (Å²) in [5.41, 5.74) is -0.240. The summed E-state index contributed by atoms with van der Waals surface area (Å²) in [4.78, 5) is 34.0. The third-order valence-corrected chi connectivity index (χ3v) is 6.63. The van der Waals surface area contributed by atoms with Gasteiger partial charge >= 0.3 is 17.9 Å². The van der Waals surface area contributed by atoms with Gasteiger partial charge in [-0.2, -0.15) is 4.98 Å². The first-order chi connectivity index (χ1) is 19.6. The number of carboxylic acids is 1. The van der Waals surface area contributed by atoms with Crippen molar-refractivity contribution < 1.29 is 54.1 Å². The lowest BCUT2D eigenvalue weighted by atomic mass is 9.81. The number of carbonyl (C=O) groups is 2. The van der Waals surface area contributed by atoms with Crippen molar-refractivity contribution in [1.82, 2.24) is 9.97 Å². The number of benzene rings is 2. The molecule has 0 radical (unpaired) electrons. The molecule has 0 amide bonds. The normalized spacial score (nSPS) is 23.4. The number of ether oxygens (including phenoxy) is 4. The quantitative estimate of drug-likeness (QED) is 0.205. The van der Waals surface area contributed by atoms with Gasteiger partial charge in [-0.25, -0.2) is 14.6 Å². The Hall–Kier alpha value is -3.98. The maximum absolute atomic E-state index is 14.0. The van der Waals surface area contributed by atoms with Gasteiger partial charge in [-0.15, -0.1) is 0 Å². The summed E-state index contributed by atoms with van der Waals surface area (Å²) < 4.78 is 22.7. The molecular weight excluding hydrogens is 540 g/mol. The van der Waals surface area contributed by atoms with E-state index in [9.17, 15) is 35.1 Å². The summed E-state index contributed by atoms with van der Waals surface area (Å²) in [7, 11) is 1.34. The molecule has 1 unspecified atom stereocenters. The van der Waals surface area contributed by atoms with Gasteiger partial charge in [0.1, 0.15) is 18.3 Å². The van der Waals surface area contributed by atoms with E-state index in [2.05, 4.69) is 9.97 Å². The fourth-order valence-electron chi connectivity index (χ4n) is 4.65. The van der Waals surface area contributed by atoms with Gasteiger partial charge in [-0.3, -0.25) is 0 Å². The molecule has 5 N–H and O–H groups in total. The van der Waals surface area contributed by atoms with Gasteiger partial charge < -0.3 is 44.5 Å². The van der Waals surface area contributed by atoms with Crippen LogP contribution in [0, 0.1) is 6.92 Å². The highest BCUT2D eigenvalue weighted by Gasteiger charge is 2.53. The smallest absolute Gasteiger partial charge is 0.353 e. The zero-order valence-electron chi connectivity index (χ0n) is 22.1. The molecule has 6 atom stereocenters. The number of aliphatic hydroxyl groups is 4. The highest BCUT2D eigenvalue weighted by atomic mass is 16.7. The molecule has 41 heavy (non-hydrogen) atoms. The summed E-state index contributed by atoms with van der Waals surface area (Å²) in [5.74, 6) is -2.87. The Morgan fingerprint density at radius 2 is 1.54 bits per heavy atom. The van der Waals surface area contributed by atoms with E-state index in [0.29, 0.717) is 16.8 Å². The number of esters is 1. The predicted molar refractivity (Wildman–Crippen MR) is 138 cm³/mol.